The average molecular weight is 343 g/mol. The van der Waals surface area contributed by atoms with Gasteiger partial charge in [0.25, 0.3) is 0 Å². The Labute approximate surface area is 115 Å². The van der Waals surface area contributed by atoms with Crippen molar-refractivity contribution in [1.29, 1.82) is 0 Å². The first-order valence-corrected chi connectivity index (χ1v) is 5.94. The highest BCUT2D eigenvalue weighted by atomic mass is 79.9. The quantitative estimate of drug-likeness (QED) is 0.609. The summed E-state index contributed by atoms with van der Waals surface area (Å²) in [6.45, 7) is -0.190. The van der Waals surface area contributed by atoms with Crippen molar-refractivity contribution in [3.05, 3.63) is 24.3 Å². The lowest BCUT2D eigenvalue weighted by atomic mass is 10.3. The SMILES string of the molecule is COC(=O)C(Br)COc1ccccc1OC(F)(F)F. The van der Waals surface area contributed by atoms with E-state index in [1.54, 1.807) is 0 Å². The first-order chi connectivity index (χ1) is 8.83. The Kier molecular flexibility index (Phi) is 5.46. The molecule has 19 heavy (non-hydrogen) atoms. The van der Waals surface area contributed by atoms with E-state index in [9.17, 15) is 18.0 Å². The second-order valence-electron chi connectivity index (χ2n) is 3.30. The van der Waals surface area contributed by atoms with E-state index in [4.69, 9.17) is 4.74 Å². The van der Waals surface area contributed by atoms with Crippen LogP contribution in [0.3, 0.4) is 0 Å². The van der Waals surface area contributed by atoms with Gasteiger partial charge in [-0.15, -0.1) is 13.2 Å². The molecule has 0 amide bonds. The number of hydrogen-bond donors (Lipinski definition) is 0. The van der Waals surface area contributed by atoms with E-state index in [-0.39, 0.29) is 12.4 Å². The topological polar surface area (TPSA) is 44.8 Å². The van der Waals surface area contributed by atoms with Gasteiger partial charge in [-0.25, -0.2) is 0 Å². The van der Waals surface area contributed by atoms with Crippen molar-refractivity contribution in [3.63, 3.8) is 0 Å². The van der Waals surface area contributed by atoms with Gasteiger partial charge < -0.3 is 14.2 Å². The molecule has 8 heteroatoms. The van der Waals surface area contributed by atoms with Gasteiger partial charge in [-0.05, 0) is 12.1 Å². The highest BCUT2D eigenvalue weighted by molar-refractivity contribution is 9.10. The molecular weight excluding hydrogens is 333 g/mol. The molecule has 0 N–H and O–H groups in total. The summed E-state index contributed by atoms with van der Waals surface area (Å²) < 4.78 is 49.8. The van der Waals surface area contributed by atoms with Crippen molar-refractivity contribution in [3.8, 4) is 11.5 Å². The van der Waals surface area contributed by atoms with Gasteiger partial charge >= 0.3 is 12.3 Å². The largest absolute Gasteiger partial charge is 0.573 e. The lowest BCUT2D eigenvalue weighted by molar-refractivity contribution is -0.275. The number of ether oxygens (including phenoxy) is 3. The maximum Gasteiger partial charge on any atom is 0.573 e. The van der Waals surface area contributed by atoms with Gasteiger partial charge in [0.1, 0.15) is 11.4 Å². The van der Waals surface area contributed by atoms with Gasteiger partial charge in [-0.3, -0.25) is 4.79 Å². The lowest BCUT2D eigenvalue weighted by Crippen LogP contribution is -2.23. The van der Waals surface area contributed by atoms with Crippen molar-refractivity contribution >= 4 is 21.9 Å². The number of hydrogen-bond acceptors (Lipinski definition) is 4. The van der Waals surface area contributed by atoms with Crippen LogP contribution < -0.4 is 9.47 Å². The average Bonchev–Trinajstić information content (AvgIpc) is 2.34. The molecule has 106 valence electrons. The van der Waals surface area contributed by atoms with Gasteiger partial charge in [0.2, 0.25) is 0 Å². The molecule has 0 spiro atoms. The molecule has 0 fully saturated rings. The fraction of sp³-hybridized carbons (Fsp3) is 0.364. The summed E-state index contributed by atoms with van der Waals surface area (Å²) in [7, 11) is 1.19. The van der Waals surface area contributed by atoms with Crippen LogP contribution in [0.1, 0.15) is 0 Å². The van der Waals surface area contributed by atoms with Gasteiger partial charge in [0.15, 0.2) is 11.5 Å². The van der Waals surface area contributed by atoms with Crippen LogP contribution in [0.25, 0.3) is 0 Å². The summed E-state index contributed by atoms with van der Waals surface area (Å²) >= 11 is 2.98. The molecule has 1 unspecified atom stereocenters. The zero-order chi connectivity index (χ0) is 14.5. The molecule has 0 bridgehead atoms. The minimum Gasteiger partial charge on any atom is -0.488 e. The fourth-order valence-corrected chi connectivity index (χ4v) is 1.46. The van der Waals surface area contributed by atoms with Crippen LogP contribution in [0.4, 0.5) is 13.2 Å². The number of halogens is 4. The fourth-order valence-electron chi connectivity index (χ4n) is 1.14. The van der Waals surface area contributed by atoms with Crippen LogP contribution in [0.2, 0.25) is 0 Å². The van der Waals surface area contributed by atoms with Crippen LogP contribution in [0, 0.1) is 0 Å². The summed E-state index contributed by atoms with van der Waals surface area (Å²) in [6.07, 6.45) is -4.81. The Morgan fingerprint density at radius 3 is 2.42 bits per heavy atom. The molecule has 1 aromatic carbocycles. The Bertz CT molecular complexity index is 436. The first-order valence-electron chi connectivity index (χ1n) is 5.03. The highest BCUT2D eigenvalue weighted by Crippen LogP contribution is 2.32. The maximum absolute atomic E-state index is 12.1. The molecule has 1 aromatic rings. The van der Waals surface area contributed by atoms with E-state index in [0.717, 1.165) is 6.07 Å². The molecule has 0 aliphatic carbocycles. The van der Waals surface area contributed by atoms with E-state index in [1.165, 1.54) is 25.3 Å². The monoisotopic (exact) mass is 342 g/mol. The highest BCUT2D eigenvalue weighted by Gasteiger charge is 2.32. The van der Waals surface area contributed by atoms with Gasteiger partial charge in [-0.1, -0.05) is 28.1 Å². The third-order valence-electron chi connectivity index (χ3n) is 1.92. The van der Waals surface area contributed by atoms with Gasteiger partial charge in [-0.2, -0.15) is 0 Å². The first kappa shape index (κ1) is 15.6. The third kappa shape index (κ3) is 5.37. The van der Waals surface area contributed by atoms with Crippen LogP contribution >= 0.6 is 15.9 Å². The Morgan fingerprint density at radius 2 is 1.89 bits per heavy atom. The molecule has 0 aliphatic rings. The number of esters is 1. The predicted molar refractivity (Wildman–Crippen MR) is 63.4 cm³/mol. The van der Waals surface area contributed by atoms with Crippen LogP contribution in [-0.4, -0.2) is 30.9 Å². The molecule has 1 atom stereocenters. The number of carbonyl (C=O) groups is 1. The number of rotatable bonds is 5. The summed E-state index contributed by atoms with van der Waals surface area (Å²) in [4.78, 5) is 10.3. The molecular formula is C11H10BrF3O4. The Balaban J connectivity index is 2.70. The Morgan fingerprint density at radius 1 is 1.32 bits per heavy atom. The smallest absolute Gasteiger partial charge is 0.488 e. The maximum atomic E-state index is 12.1. The molecule has 0 heterocycles. The van der Waals surface area contributed by atoms with E-state index in [0.29, 0.717) is 0 Å². The lowest BCUT2D eigenvalue weighted by Gasteiger charge is -2.15. The van der Waals surface area contributed by atoms with Crippen LogP contribution in [0.15, 0.2) is 24.3 Å². The standard InChI is InChI=1S/C11H10BrF3O4/c1-17-10(16)7(12)6-18-8-4-2-3-5-9(8)19-11(13,14)15/h2-5,7H,6H2,1H3. The minimum atomic E-state index is -4.81. The number of carbonyl (C=O) groups excluding carboxylic acids is 1. The second-order valence-corrected chi connectivity index (χ2v) is 4.40. The number of benzene rings is 1. The summed E-state index contributed by atoms with van der Waals surface area (Å²) in [6, 6.07) is 5.28. The van der Waals surface area contributed by atoms with E-state index >= 15 is 0 Å². The van der Waals surface area contributed by atoms with Crippen molar-refractivity contribution in [1.82, 2.24) is 0 Å². The normalized spacial score (nSPS) is 12.7. The van der Waals surface area contributed by atoms with Gasteiger partial charge in [0, 0.05) is 0 Å². The summed E-state index contributed by atoms with van der Waals surface area (Å²) in [5, 5.41) is 0. The number of alkyl halides is 4. The second kappa shape index (κ2) is 6.65. The summed E-state index contributed by atoms with van der Waals surface area (Å²) in [5.41, 5.74) is 0. The van der Waals surface area contributed by atoms with E-state index in [2.05, 4.69) is 25.4 Å². The minimum absolute atomic E-state index is 0.117. The van der Waals surface area contributed by atoms with E-state index in [1.807, 2.05) is 0 Å². The van der Waals surface area contributed by atoms with Crippen LogP contribution in [0.5, 0.6) is 11.5 Å². The molecule has 0 saturated carbocycles. The third-order valence-corrected chi connectivity index (χ3v) is 2.56. The molecule has 0 aliphatic heterocycles. The zero-order valence-corrected chi connectivity index (χ0v) is 11.3. The van der Waals surface area contributed by atoms with Crippen molar-refractivity contribution < 1.29 is 32.2 Å². The van der Waals surface area contributed by atoms with Gasteiger partial charge in [0.05, 0.1) is 7.11 Å². The van der Waals surface area contributed by atoms with Crippen molar-refractivity contribution in [2.45, 2.75) is 11.2 Å². The number of methoxy groups -OCH3 is 1. The predicted octanol–water partition coefficient (Wildman–Crippen LogP) is 2.90. The molecule has 0 aromatic heterocycles. The molecule has 4 nitrogen and oxygen atoms in total. The van der Waals surface area contributed by atoms with Crippen LogP contribution in [-0.2, 0) is 9.53 Å². The van der Waals surface area contributed by atoms with E-state index < -0.39 is 22.9 Å². The van der Waals surface area contributed by atoms with Crippen molar-refractivity contribution in [2.24, 2.45) is 0 Å². The zero-order valence-electron chi connectivity index (χ0n) is 9.74. The number of para-hydroxylation sites is 2. The Hall–Kier alpha value is -1.44. The molecule has 0 radical (unpaired) electrons. The molecule has 1 rings (SSSR count). The molecule has 0 saturated heterocycles. The van der Waals surface area contributed by atoms with Crippen molar-refractivity contribution in [2.75, 3.05) is 13.7 Å². The summed E-state index contributed by atoms with van der Waals surface area (Å²) in [5.74, 6) is -1.18.